The van der Waals surface area contributed by atoms with Crippen molar-refractivity contribution in [1.29, 1.82) is 0 Å². The lowest BCUT2D eigenvalue weighted by Crippen LogP contribution is -2.50. The molecule has 0 aliphatic carbocycles. The molecule has 1 fully saturated rings. The minimum Gasteiger partial charge on any atom is -0.444 e. The summed E-state index contributed by atoms with van der Waals surface area (Å²) in [5, 5.41) is 0. The van der Waals surface area contributed by atoms with E-state index in [1.165, 1.54) is 6.26 Å². The van der Waals surface area contributed by atoms with Gasteiger partial charge in [-0.2, -0.15) is 0 Å². The molecule has 2 aromatic heterocycles. The molecule has 1 aliphatic rings. The van der Waals surface area contributed by atoms with Crippen LogP contribution in [0.3, 0.4) is 0 Å². The van der Waals surface area contributed by atoms with Crippen LogP contribution in [0.4, 0.5) is 0 Å². The van der Waals surface area contributed by atoms with Gasteiger partial charge in [-0.05, 0) is 24.3 Å². The number of hydrogen-bond donors (Lipinski definition) is 0. The molecule has 3 aromatic rings. The highest BCUT2D eigenvalue weighted by Crippen LogP contribution is 2.18. The fourth-order valence-electron chi connectivity index (χ4n) is 3.03. The molecule has 7 nitrogen and oxygen atoms in total. The van der Waals surface area contributed by atoms with Crippen molar-refractivity contribution in [2.45, 2.75) is 0 Å². The van der Waals surface area contributed by atoms with E-state index in [2.05, 4.69) is 9.97 Å². The molecule has 4 rings (SSSR count). The SMILES string of the molecule is O=C(c1ccccc1)N1CCN(C(=O)c2coc(-c3cccnc3)n2)CC1. The summed E-state index contributed by atoms with van der Waals surface area (Å²) in [6, 6.07) is 12.8. The molecule has 2 amide bonds. The fraction of sp³-hybridized carbons (Fsp3) is 0.200. The number of piperazine rings is 1. The number of benzene rings is 1. The van der Waals surface area contributed by atoms with Gasteiger partial charge in [0.1, 0.15) is 6.26 Å². The predicted molar refractivity (Wildman–Crippen MR) is 98.0 cm³/mol. The predicted octanol–water partition coefficient (Wildman–Crippen LogP) is 2.33. The monoisotopic (exact) mass is 362 g/mol. The molecule has 0 N–H and O–H groups in total. The van der Waals surface area contributed by atoms with Crippen LogP contribution in [0.1, 0.15) is 20.8 Å². The third-order valence-electron chi connectivity index (χ3n) is 4.51. The first-order chi connectivity index (χ1) is 13.2. The number of aromatic nitrogens is 2. The van der Waals surface area contributed by atoms with Crippen molar-refractivity contribution < 1.29 is 14.0 Å². The number of carbonyl (C=O) groups excluding carboxylic acids is 2. The topological polar surface area (TPSA) is 79.5 Å². The van der Waals surface area contributed by atoms with Crippen LogP contribution in [-0.2, 0) is 0 Å². The number of amides is 2. The molecule has 0 atom stereocenters. The van der Waals surface area contributed by atoms with E-state index in [1.54, 1.807) is 40.4 Å². The van der Waals surface area contributed by atoms with Crippen molar-refractivity contribution in [2.75, 3.05) is 26.2 Å². The lowest BCUT2D eigenvalue weighted by Gasteiger charge is -2.34. The first kappa shape index (κ1) is 17.0. The van der Waals surface area contributed by atoms with Crippen LogP contribution in [0.5, 0.6) is 0 Å². The smallest absolute Gasteiger partial charge is 0.275 e. The number of oxazole rings is 1. The second-order valence-corrected chi connectivity index (χ2v) is 6.23. The van der Waals surface area contributed by atoms with Crippen molar-refractivity contribution in [3.8, 4) is 11.5 Å². The van der Waals surface area contributed by atoms with Crippen molar-refractivity contribution in [3.05, 3.63) is 72.4 Å². The minimum atomic E-state index is -0.194. The zero-order valence-corrected chi connectivity index (χ0v) is 14.6. The molecule has 7 heteroatoms. The van der Waals surface area contributed by atoms with Gasteiger partial charge in [-0.3, -0.25) is 14.6 Å². The molecular weight excluding hydrogens is 344 g/mol. The van der Waals surface area contributed by atoms with E-state index >= 15 is 0 Å². The quantitative estimate of drug-likeness (QED) is 0.714. The summed E-state index contributed by atoms with van der Waals surface area (Å²) in [4.78, 5) is 36.9. The maximum Gasteiger partial charge on any atom is 0.275 e. The molecule has 0 bridgehead atoms. The van der Waals surface area contributed by atoms with E-state index in [4.69, 9.17) is 4.42 Å². The highest BCUT2D eigenvalue weighted by Gasteiger charge is 2.27. The van der Waals surface area contributed by atoms with Gasteiger partial charge < -0.3 is 14.2 Å². The fourth-order valence-corrected chi connectivity index (χ4v) is 3.03. The Hall–Kier alpha value is -3.48. The zero-order chi connectivity index (χ0) is 18.6. The van der Waals surface area contributed by atoms with Gasteiger partial charge in [-0.15, -0.1) is 0 Å². The van der Waals surface area contributed by atoms with Crippen molar-refractivity contribution >= 4 is 11.8 Å². The first-order valence-corrected chi connectivity index (χ1v) is 8.72. The average molecular weight is 362 g/mol. The van der Waals surface area contributed by atoms with Crippen LogP contribution in [0.25, 0.3) is 11.5 Å². The first-order valence-electron chi connectivity index (χ1n) is 8.72. The van der Waals surface area contributed by atoms with Gasteiger partial charge in [-0.1, -0.05) is 18.2 Å². The number of pyridine rings is 1. The van der Waals surface area contributed by atoms with Crippen molar-refractivity contribution in [3.63, 3.8) is 0 Å². The molecular formula is C20H18N4O3. The summed E-state index contributed by atoms with van der Waals surface area (Å²) in [5.41, 5.74) is 1.64. The van der Waals surface area contributed by atoms with Gasteiger partial charge in [0.15, 0.2) is 5.69 Å². The Balaban J connectivity index is 1.39. The van der Waals surface area contributed by atoms with E-state index in [1.807, 2.05) is 24.3 Å². The molecule has 1 aromatic carbocycles. The van der Waals surface area contributed by atoms with Crippen LogP contribution in [0, 0.1) is 0 Å². The Kier molecular flexibility index (Phi) is 4.65. The molecule has 27 heavy (non-hydrogen) atoms. The van der Waals surface area contributed by atoms with Gasteiger partial charge in [0.2, 0.25) is 5.89 Å². The Bertz CT molecular complexity index is 932. The van der Waals surface area contributed by atoms with Crippen LogP contribution < -0.4 is 0 Å². The minimum absolute atomic E-state index is 0.0111. The Labute approximate surface area is 156 Å². The largest absolute Gasteiger partial charge is 0.444 e. The Morgan fingerprint density at radius 2 is 1.59 bits per heavy atom. The number of carbonyl (C=O) groups is 2. The van der Waals surface area contributed by atoms with E-state index in [0.29, 0.717) is 37.6 Å². The van der Waals surface area contributed by atoms with Gasteiger partial charge in [0, 0.05) is 44.1 Å². The van der Waals surface area contributed by atoms with E-state index in [0.717, 1.165) is 5.56 Å². The summed E-state index contributed by atoms with van der Waals surface area (Å²) < 4.78 is 5.42. The standard InChI is InChI=1S/C20H18N4O3/c25-19(15-5-2-1-3-6-15)23-9-11-24(12-10-23)20(26)17-14-27-18(22-17)16-7-4-8-21-13-16/h1-8,13-14H,9-12H2. The molecule has 3 heterocycles. The van der Waals surface area contributed by atoms with Crippen molar-refractivity contribution in [1.82, 2.24) is 19.8 Å². The van der Waals surface area contributed by atoms with Gasteiger partial charge in [-0.25, -0.2) is 4.98 Å². The molecule has 136 valence electrons. The highest BCUT2D eigenvalue weighted by molar-refractivity contribution is 5.95. The molecule has 1 saturated heterocycles. The van der Waals surface area contributed by atoms with Gasteiger partial charge in [0.05, 0.1) is 5.56 Å². The Morgan fingerprint density at radius 3 is 2.26 bits per heavy atom. The van der Waals surface area contributed by atoms with E-state index < -0.39 is 0 Å². The molecule has 0 saturated carbocycles. The molecule has 0 unspecified atom stereocenters. The number of hydrogen-bond acceptors (Lipinski definition) is 5. The maximum atomic E-state index is 12.7. The van der Waals surface area contributed by atoms with Crippen LogP contribution in [0.2, 0.25) is 0 Å². The second kappa shape index (κ2) is 7.41. The van der Waals surface area contributed by atoms with E-state index in [9.17, 15) is 9.59 Å². The normalized spacial score (nSPS) is 14.2. The summed E-state index contributed by atoms with van der Waals surface area (Å²) in [6.07, 6.45) is 4.66. The van der Waals surface area contributed by atoms with Crippen LogP contribution in [-0.4, -0.2) is 57.8 Å². The van der Waals surface area contributed by atoms with Crippen LogP contribution >= 0.6 is 0 Å². The van der Waals surface area contributed by atoms with Crippen LogP contribution in [0.15, 0.2) is 65.5 Å². The second-order valence-electron chi connectivity index (χ2n) is 6.23. The van der Waals surface area contributed by atoms with Gasteiger partial charge >= 0.3 is 0 Å². The maximum absolute atomic E-state index is 12.7. The lowest BCUT2D eigenvalue weighted by atomic mass is 10.2. The summed E-state index contributed by atoms with van der Waals surface area (Å²) in [6.45, 7) is 1.92. The average Bonchev–Trinajstić information content (AvgIpc) is 3.24. The highest BCUT2D eigenvalue weighted by atomic mass is 16.3. The summed E-state index contributed by atoms with van der Waals surface area (Å²) >= 11 is 0. The van der Waals surface area contributed by atoms with E-state index in [-0.39, 0.29) is 17.5 Å². The number of nitrogens with zero attached hydrogens (tertiary/aromatic N) is 4. The molecule has 0 radical (unpaired) electrons. The van der Waals surface area contributed by atoms with Crippen molar-refractivity contribution in [2.24, 2.45) is 0 Å². The van der Waals surface area contributed by atoms with Gasteiger partial charge in [0.25, 0.3) is 11.8 Å². The molecule has 1 aliphatic heterocycles. The summed E-state index contributed by atoms with van der Waals surface area (Å²) in [7, 11) is 0. The zero-order valence-electron chi connectivity index (χ0n) is 14.6. The summed E-state index contributed by atoms with van der Waals surface area (Å²) in [5.74, 6) is 0.160. The third-order valence-corrected chi connectivity index (χ3v) is 4.51. The third kappa shape index (κ3) is 3.57. The number of rotatable bonds is 3. The Morgan fingerprint density at radius 1 is 0.889 bits per heavy atom. The lowest BCUT2D eigenvalue weighted by molar-refractivity contribution is 0.0532. The molecule has 0 spiro atoms.